The minimum absolute atomic E-state index is 0.0789. The number of carbonyl (C=O) groups excluding carboxylic acids is 1. The van der Waals surface area contributed by atoms with Crippen LogP contribution in [-0.2, 0) is 4.79 Å². The predicted octanol–water partition coefficient (Wildman–Crippen LogP) is 5.73. The fourth-order valence-corrected chi connectivity index (χ4v) is 5.59. The molecule has 3 aromatic heterocycles. The molecule has 1 fully saturated rings. The van der Waals surface area contributed by atoms with Gasteiger partial charge in [0.05, 0.1) is 30.6 Å². The molecular formula is C30H32N6O2S. The van der Waals surface area contributed by atoms with Crippen molar-refractivity contribution in [2.45, 2.75) is 46.2 Å². The largest absolute Gasteiger partial charge is 0.494 e. The summed E-state index contributed by atoms with van der Waals surface area (Å²) >= 11 is 5.93. The standard InChI is InChI=1S/C30H32N6O2S/c1-6-26(37)33-23-13-12-21(17-25(23)38-5)36-28(27(34-30(36)39)24-11-7-8-14-31-24)22-16-19(3)35(20(22)4)29-18(2)10-9-15-32-29/h7-17,27-28H,6H2,1-5H3,(H,33,37)(H,34,39)/t27-,28+/m1/s1. The summed E-state index contributed by atoms with van der Waals surface area (Å²) in [6.07, 6.45) is 4.00. The molecule has 1 aromatic carbocycles. The van der Waals surface area contributed by atoms with Gasteiger partial charge in [0.15, 0.2) is 5.11 Å². The molecule has 4 aromatic rings. The first-order chi connectivity index (χ1) is 18.8. The highest BCUT2D eigenvalue weighted by Gasteiger charge is 2.42. The number of aryl methyl sites for hydroxylation is 2. The first kappa shape index (κ1) is 26.4. The monoisotopic (exact) mass is 540 g/mol. The third-order valence-electron chi connectivity index (χ3n) is 7.14. The number of benzene rings is 1. The Morgan fingerprint density at radius 3 is 2.56 bits per heavy atom. The van der Waals surface area contributed by atoms with E-state index in [4.69, 9.17) is 17.0 Å². The van der Waals surface area contributed by atoms with Gasteiger partial charge in [-0.1, -0.05) is 19.1 Å². The number of hydrogen-bond acceptors (Lipinski definition) is 5. The van der Waals surface area contributed by atoms with Crippen molar-refractivity contribution in [1.29, 1.82) is 0 Å². The molecule has 2 atom stereocenters. The van der Waals surface area contributed by atoms with E-state index in [2.05, 4.69) is 63.0 Å². The van der Waals surface area contributed by atoms with Gasteiger partial charge in [-0.3, -0.25) is 9.78 Å². The third-order valence-corrected chi connectivity index (χ3v) is 7.45. The summed E-state index contributed by atoms with van der Waals surface area (Å²) in [5, 5.41) is 7.02. The Balaban J connectivity index is 1.66. The van der Waals surface area contributed by atoms with Crippen LogP contribution in [0.15, 0.2) is 67.0 Å². The Morgan fingerprint density at radius 2 is 1.87 bits per heavy atom. The van der Waals surface area contributed by atoms with Crippen LogP contribution < -0.4 is 20.3 Å². The Bertz CT molecular complexity index is 1530. The Morgan fingerprint density at radius 1 is 1.08 bits per heavy atom. The van der Waals surface area contributed by atoms with Crippen molar-refractivity contribution < 1.29 is 9.53 Å². The topological polar surface area (TPSA) is 84.3 Å². The molecule has 4 heterocycles. The van der Waals surface area contributed by atoms with Gasteiger partial charge in [0, 0.05) is 42.0 Å². The molecule has 9 heteroatoms. The van der Waals surface area contributed by atoms with Crippen molar-refractivity contribution in [1.82, 2.24) is 19.9 Å². The van der Waals surface area contributed by atoms with E-state index in [9.17, 15) is 4.79 Å². The van der Waals surface area contributed by atoms with Crippen molar-refractivity contribution >= 4 is 34.6 Å². The summed E-state index contributed by atoms with van der Waals surface area (Å²) < 4.78 is 7.86. The second-order valence-electron chi connectivity index (χ2n) is 9.59. The van der Waals surface area contributed by atoms with E-state index in [1.54, 1.807) is 13.3 Å². The molecule has 0 bridgehead atoms. The van der Waals surface area contributed by atoms with Crippen LogP contribution in [-0.4, -0.2) is 32.7 Å². The smallest absolute Gasteiger partial charge is 0.224 e. The number of hydrogen-bond donors (Lipinski definition) is 2. The van der Waals surface area contributed by atoms with Crippen molar-refractivity contribution in [3.63, 3.8) is 0 Å². The van der Waals surface area contributed by atoms with E-state index in [1.165, 1.54) is 0 Å². The Labute approximate surface area is 234 Å². The maximum absolute atomic E-state index is 12.1. The number of amides is 1. The van der Waals surface area contributed by atoms with Gasteiger partial charge in [-0.2, -0.15) is 0 Å². The molecule has 39 heavy (non-hydrogen) atoms. The van der Waals surface area contributed by atoms with Crippen molar-refractivity contribution in [3.8, 4) is 11.6 Å². The molecule has 8 nitrogen and oxygen atoms in total. The maximum atomic E-state index is 12.1. The molecule has 0 spiro atoms. The number of rotatable bonds is 7. The lowest BCUT2D eigenvalue weighted by atomic mass is 9.96. The SMILES string of the molecule is CCC(=O)Nc1ccc(N2C(=S)N[C@H](c3ccccn3)[C@@H]2c2cc(C)n(-c3ncccc3C)c2C)cc1OC. The number of nitrogens with zero attached hydrogens (tertiary/aromatic N) is 4. The zero-order valence-electron chi connectivity index (χ0n) is 22.7. The zero-order chi connectivity index (χ0) is 27.7. The third kappa shape index (κ3) is 4.85. The minimum Gasteiger partial charge on any atom is -0.494 e. The average Bonchev–Trinajstić information content (AvgIpc) is 3.44. The van der Waals surface area contributed by atoms with Crippen molar-refractivity contribution in [2.24, 2.45) is 0 Å². The minimum atomic E-state index is -0.197. The highest BCUT2D eigenvalue weighted by molar-refractivity contribution is 7.80. The van der Waals surface area contributed by atoms with Gasteiger partial charge in [0.2, 0.25) is 5.91 Å². The number of ether oxygens (including phenoxy) is 1. The second-order valence-corrected chi connectivity index (χ2v) is 9.98. The number of thiocarbonyl (C=S) groups is 1. The van der Waals surface area contributed by atoms with E-state index in [-0.39, 0.29) is 18.0 Å². The molecule has 0 aliphatic carbocycles. The van der Waals surface area contributed by atoms with Gasteiger partial charge in [-0.05, 0) is 80.5 Å². The summed E-state index contributed by atoms with van der Waals surface area (Å²) in [6, 6.07) is 17.5. The number of carbonyl (C=O) groups is 1. The van der Waals surface area contributed by atoms with E-state index in [0.717, 1.165) is 39.7 Å². The van der Waals surface area contributed by atoms with Crippen LogP contribution in [0.1, 0.15) is 53.6 Å². The summed E-state index contributed by atoms with van der Waals surface area (Å²) in [5.74, 6) is 1.39. The quantitative estimate of drug-likeness (QED) is 0.290. The molecular weight excluding hydrogens is 508 g/mol. The highest BCUT2D eigenvalue weighted by Crippen LogP contribution is 2.45. The average molecular weight is 541 g/mol. The van der Waals surface area contributed by atoms with Gasteiger partial charge in [-0.15, -0.1) is 0 Å². The van der Waals surface area contributed by atoms with Crippen LogP contribution in [0, 0.1) is 20.8 Å². The summed E-state index contributed by atoms with van der Waals surface area (Å²) in [4.78, 5) is 23.5. The summed E-state index contributed by atoms with van der Waals surface area (Å²) in [5.41, 5.74) is 6.73. The van der Waals surface area contributed by atoms with E-state index >= 15 is 0 Å². The van der Waals surface area contributed by atoms with Gasteiger partial charge >= 0.3 is 0 Å². The molecule has 1 saturated heterocycles. The first-order valence-electron chi connectivity index (χ1n) is 12.9. The highest BCUT2D eigenvalue weighted by atomic mass is 32.1. The van der Waals surface area contributed by atoms with Crippen LogP contribution in [0.5, 0.6) is 5.75 Å². The Kier molecular flexibility index (Phi) is 7.34. The Hall–Kier alpha value is -4.24. The van der Waals surface area contributed by atoms with E-state index in [0.29, 0.717) is 23.0 Å². The van der Waals surface area contributed by atoms with Crippen LogP contribution in [0.3, 0.4) is 0 Å². The molecule has 0 radical (unpaired) electrons. The van der Waals surface area contributed by atoms with Gasteiger partial charge in [-0.25, -0.2) is 4.98 Å². The van der Waals surface area contributed by atoms with E-state index in [1.807, 2.05) is 55.6 Å². The molecule has 1 amide bonds. The zero-order valence-corrected chi connectivity index (χ0v) is 23.5. The molecule has 1 aliphatic rings. The predicted molar refractivity (Wildman–Crippen MR) is 158 cm³/mol. The van der Waals surface area contributed by atoms with Crippen LogP contribution in [0.4, 0.5) is 11.4 Å². The molecule has 200 valence electrons. The van der Waals surface area contributed by atoms with Crippen LogP contribution in [0.25, 0.3) is 5.82 Å². The van der Waals surface area contributed by atoms with Crippen molar-refractivity contribution in [3.05, 3.63) is 95.2 Å². The van der Waals surface area contributed by atoms with Gasteiger partial charge < -0.3 is 24.8 Å². The molecule has 2 N–H and O–H groups in total. The molecule has 0 unspecified atom stereocenters. The van der Waals surface area contributed by atoms with Crippen LogP contribution >= 0.6 is 12.2 Å². The normalized spacial score (nSPS) is 16.7. The lowest BCUT2D eigenvalue weighted by Crippen LogP contribution is -2.29. The fourth-order valence-electron chi connectivity index (χ4n) is 5.25. The lowest BCUT2D eigenvalue weighted by molar-refractivity contribution is -0.115. The molecule has 0 saturated carbocycles. The first-order valence-corrected chi connectivity index (χ1v) is 13.3. The molecule has 1 aliphatic heterocycles. The lowest BCUT2D eigenvalue weighted by Gasteiger charge is -2.29. The second kappa shape index (κ2) is 10.9. The fraction of sp³-hybridized carbons (Fsp3) is 0.267. The number of aromatic nitrogens is 3. The van der Waals surface area contributed by atoms with Crippen LogP contribution in [0.2, 0.25) is 0 Å². The van der Waals surface area contributed by atoms with Gasteiger partial charge in [0.25, 0.3) is 0 Å². The summed E-state index contributed by atoms with van der Waals surface area (Å²) in [6.45, 7) is 8.10. The number of anilines is 2. The summed E-state index contributed by atoms with van der Waals surface area (Å²) in [7, 11) is 1.60. The number of nitrogens with one attached hydrogen (secondary N) is 2. The van der Waals surface area contributed by atoms with E-state index < -0.39 is 0 Å². The van der Waals surface area contributed by atoms with Gasteiger partial charge in [0.1, 0.15) is 11.6 Å². The van der Waals surface area contributed by atoms with Crippen molar-refractivity contribution in [2.75, 3.05) is 17.3 Å². The molecule has 5 rings (SSSR count). The maximum Gasteiger partial charge on any atom is 0.224 e. The number of pyridine rings is 2. The number of methoxy groups -OCH3 is 1.